The molecule has 0 radical (unpaired) electrons. The molecule has 0 fully saturated rings. The van der Waals surface area contributed by atoms with Gasteiger partial charge in [-0.2, -0.15) is 0 Å². The van der Waals surface area contributed by atoms with Gasteiger partial charge in [0.25, 0.3) is 5.91 Å². The number of esters is 2. The Labute approximate surface area is 154 Å². The van der Waals surface area contributed by atoms with Crippen molar-refractivity contribution < 1.29 is 23.9 Å². The Hall–Kier alpha value is -2.63. The van der Waals surface area contributed by atoms with Gasteiger partial charge in [-0.3, -0.25) is 4.79 Å². The van der Waals surface area contributed by atoms with Crippen LogP contribution in [0.4, 0.5) is 0 Å². The lowest BCUT2D eigenvalue weighted by atomic mass is 9.95. The molecule has 0 saturated carbocycles. The summed E-state index contributed by atoms with van der Waals surface area (Å²) in [7, 11) is 0. The van der Waals surface area contributed by atoms with Crippen molar-refractivity contribution in [2.45, 2.75) is 40.2 Å². The van der Waals surface area contributed by atoms with Gasteiger partial charge >= 0.3 is 11.9 Å². The summed E-state index contributed by atoms with van der Waals surface area (Å²) in [6.45, 7) is 7.56. The topological polar surface area (TPSA) is 81.7 Å². The Kier molecular flexibility index (Phi) is 9.12. The van der Waals surface area contributed by atoms with E-state index in [1.54, 1.807) is 6.92 Å². The monoisotopic (exact) mass is 361 g/mol. The maximum atomic E-state index is 12.1. The van der Waals surface area contributed by atoms with Crippen molar-refractivity contribution in [3.05, 3.63) is 47.5 Å². The van der Waals surface area contributed by atoms with Gasteiger partial charge in [0.1, 0.15) is 0 Å². The molecule has 1 aromatic rings. The molecule has 1 aromatic carbocycles. The number of carbonyl (C=O) groups excluding carboxylic acids is 3. The standard InChI is InChI=1S/C20H27NO5/c1-5-15-7-9-16(10-8-15)20(14(3)4)21-17(22)13-26-19(24)12-11-18(23)25-6-2/h7-12,14,20H,5-6,13H2,1-4H3,(H,21,22)/b12-11+/t20-/m0/s1. The van der Waals surface area contributed by atoms with Gasteiger partial charge in [-0.15, -0.1) is 0 Å². The number of ether oxygens (including phenoxy) is 2. The van der Waals surface area contributed by atoms with E-state index in [4.69, 9.17) is 4.74 Å². The van der Waals surface area contributed by atoms with Gasteiger partial charge in [-0.1, -0.05) is 45.0 Å². The highest BCUT2D eigenvalue weighted by atomic mass is 16.5. The zero-order valence-corrected chi connectivity index (χ0v) is 15.8. The van der Waals surface area contributed by atoms with Crippen molar-refractivity contribution >= 4 is 17.8 Å². The van der Waals surface area contributed by atoms with E-state index in [-0.39, 0.29) is 18.6 Å². The molecule has 0 spiro atoms. The summed E-state index contributed by atoms with van der Waals surface area (Å²) in [5.74, 6) is -1.64. The Morgan fingerprint density at radius 1 is 1.00 bits per heavy atom. The zero-order chi connectivity index (χ0) is 19.5. The van der Waals surface area contributed by atoms with Gasteiger partial charge in [0, 0.05) is 12.2 Å². The van der Waals surface area contributed by atoms with E-state index in [2.05, 4.69) is 17.0 Å². The second-order valence-electron chi connectivity index (χ2n) is 6.08. The quantitative estimate of drug-likeness (QED) is 0.540. The highest BCUT2D eigenvalue weighted by molar-refractivity contribution is 5.92. The third-order valence-corrected chi connectivity index (χ3v) is 3.72. The van der Waals surface area contributed by atoms with Crippen molar-refractivity contribution in [2.75, 3.05) is 13.2 Å². The van der Waals surface area contributed by atoms with E-state index in [1.807, 2.05) is 38.1 Å². The van der Waals surface area contributed by atoms with Crippen LogP contribution < -0.4 is 5.32 Å². The number of nitrogens with one attached hydrogen (secondary N) is 1. The number of hydrogen-bond donors (Lipinski definition) is 1. The van der Waals surface area contributed by atoms with E-state index < -0.39 is 24.5 Å². The van der Waals surface area contributed by atoms with E-state index >= 15 is 0 Å². The molecule has 6 nitrogen and oxygen atoms in total. The minimum absolute atomic E-state index is 0.172. The van der Waals surface area contributed by atoms with E-state index in [0.29, 0.717) is 0 Å². The summed E-state index contributed by atoms with van der Waals surface area (Å²) >= 11 is 0. The average molecular weight is 361 g/mol. The number of aryl methyl sites for hydroxylation is 1. The van der Waals surface area contributed by atoms with Gasteiger partial charge in [-0.25, -0.2) is 9.59 Å². The molecule has 0 heterocycles. The van der Waals surface area contributed by atoms with Crippen LogP contribution in [0.2, 0.25) is 0 Å². The first-order chi connectivity index (χ1) is 12.4. The van der Waals surface area contributed by atoms with Gasteiger partial charge in [-0.05, 0) is 30.4 Å². The number of amides is 1. The number of rotatable bonds is 9. The summed E-state index contributed by atoms with van der Waals surface area (Å²) in [5, 5.41) is 2.88. The first kappa shape index (κ1) is 21.4. The van der Waals surface area contributed by atoms with Crippen LogP contribution in [0.15, 0.2) is 36.4 Å². The predicted molar refractivity (Wildman–Crippen MR) is 98.3 cm³/mol. The highest BCUT2D eigenvalue weighted by Gasteiger charge is 2.19. The average Bonchev–Trinajstić information content (AvgIpc) is 2.63. The maximum absolute atomic E-state index is 12.1. The van der Waals surface area contributed by atoms with Crippen LogP contribution in [0.25, 0.3) is 0 Å². The molecule has 1 amide bonds. The lowest BCUT2D eigenvalue weighted by molar-refractivity contribution is -0.144. The van der Waals surface area contributed by atoms with Crippen LogP contribution >= 0.6 is 0 Å². The number of hydrogen-bond acceptors (Lipinski definition) is 5. The molecular weight excluding hydrogens is 334 g/mol. The molecule has 26 heavy (non-hydrogen) atoms. The zero-order valence-electron chi connectivity index (χ0n) is 15.8. The Morgan fingerprint density at radius 3 is 2.08 bits per heavy atom. The lowest BCUT2D eigenvalue weighted by Crippen LogP contribution is -2.34. The summed E-state index contributed by atoms with van der Waals surface area (Å²) < 4.78 is 9.49. The third-order valence-electron chi connectivity index (χ3n) is 3.72. The minimum Gasteiger partial charge on any atom is -0.463 e. The fourth-order valence-electron chi connectivity index (χ4n) is 2.32. The van der Waals surface area contributed by atoms with Crippen LogP contribution in [0.1, 0.15) is 44.9 Å². The van der Waals surface area contributed by atoms with Crippen LogP contribution in [-0.4, -0.2) is 31.1 Å². The molecule has 1 rings (SSSR count). The summed E-state index contributed by atoms with van der Waals surface area (Å²) in [6, 6.07) is 7.89. The van der Waals surface area contributed by atoms with Crippen molar-refractivity contribution in [1.82, 2.24) is 5.32 Å². The summed E-state index contributed by atoms with van der Waals surface area (Å²) in [4.78, 5) is 34.7. The molecular formula is C20H27NO5. The van der Waals surface area contributed by atoms with Crippen molar-refractivity contribution in [3.63, 3.8) is 0 Å². The van der Waals surface area contributed by atoms with E-state index in [9.17, 15) is 14.4 Å². The highest BCUT2D eigenvalue weighted by Crippen LogP contribution is 2.22. The third kappa shape index (κ3) is 7.51. The van der Waals surface area contributed by atoms with Crippen LogP contribution in [0, 0.1) is 5.92 Å². The number of carbonyl (C=O) groups is 3. The Morgan fingerprint density at radius 2 is 1.58 bits per heavy atom. The van der Waals surface area contributed by atoms with Crippen molar-refractivity contribution in [1.29, 1.82) is 0 Å². The van der Waals surface area contributed by atoms with Gasteiger partial charge in [0.2, 0.25) is 0 Å². The van der Waals surface area contributed by atoms with Crippen LogP contribution in [0.5, 0.6) is 0 Å². The van der Waals surface area contributed by atoms with Gasteiger partial charge in [0.15, 0.2) is 6.61 Å². The fraction of sp³-hybridized carbons (Fsp3) is 0.450. The molecule has 0 saturated heterocycles. The largest absolute Gasteiger partial charge is 0.463 e. The predicted octanol–water partition coefficient (Wildman–Crippen LogP) is 2.72. The van der Waals surface area contributed by atoms with Crippen molar-refractivity contribution in [2.24, 2.45) is 5.92 Å². The van der Waals surface area contributed by atoms with Crippen LogP contribution in [0.3, 0.4) is 0 Å². The molecule has 6 heteroatoms. The summed E-state index contributed by atoms with van der Waals surface area (Å²) in [6.07, 6.45) is 2.86. The molecule has 0 aliphatic rings. The normalized spacial score (nSPS) is 12.0. The minimum atomic E-state index is -0.776. The van der Waals surface area contributed by atoms with E-state index in [0.717, 1.165) is 24.1 Å². The molecule has 0 aliphatic carbocycles. The fourth-order valence-corrected chi connectivity index (χ4v) is 2.32. The SMILES string of the molecule is CCOC(=O)/C=C/C(=O)OCC(=O)N[C@H](c1ccc(CC)cc1)C(C)C. The lowest BCUT2D eigenvalue weighted by Gasteiger charge is -2.23. The first-order valence-electron chi connectivity index (χ1n) is 8.77. The smallest absolute Gasteiger partial charge is 0.331 e. The van der Waals surface area contributed by atoms with Crippen molar-refractivity contribution in [3.8, 4) is 0 Å². The molecule has 0 aliphatic heterocycles. The first-order valence-corrected chi connectivity index (χ1v) is 8.77. The number of benzene rings is 1. The van der Waals surface area contributed by atoms with Gasteiger partial charge in [0.05, 0.1) is 12.6 Å². The molecule has 0 unspecified atom stereocenters. The Bertz CT molecular complexity index is 634. The second kappa shape index (κ2) is 11.1. The molecule has 142 valence electrons. The second-order valence-corrected chi connectivity index (χ2v) is 6.08. The molecule has 0 aromatic heterocycles. The van der Waals surface area contributed by atoms with E-state index in [1.165, 1.54) is 5.56 Å². The van der Waals surface area contributed by atoms with Gasteiger partial charge < -0.3 is 14.8 Å². The molecule has 1 atom stereocenters. The van der Waals surface area contributed by atoms with Crippen LogP contribution in [-0.2, 0) is 30.3 Å². The molecule has 0 bridgehead atoms. The molecule has 1 N–H and O–H groups in total. The maximum Gasteiger partial charge on any atom is 0.331 e. The summed E-state index contributed by atoms with van der Waals surface area (Å²) in [5.41, 5.74) is 2.23. The Balaban J connectivity index is 2.57.